The monoisotopic (exact) mass is 229 g/mol. The molecule has 0 aliphatic heterocycles. The first-order chi connectivity index (χ1) is 7.15. The molecule has 0 amide bonds. The van der Waals surface area contributed by atoms with Gasteiger partial charge in [0.2, 0.25) is 0 Å². The lowest BCUT2D eigenvalue weighted by atomic mass is 9.89. The van der Waals surface area contributed by atoms with Gasteiger partial charge >= 0.3 is 0 Å². The fourth-order valence-corrected chi connectivity index (χ4v) is 4.21. The van der Waals surface area contributed by atoms with E-state index in [9.17, 15) is 4.21 Å². The number of nitrogens with one attached hydrogen (secondary N) is 1. The van der Waals surface area contributed by atoms with E-state index in [0.717, 1.165) is 30.1 Å². The largest absolute Gasteiger partial charge is 0.313 e. The molecule has 0 spiro atoms. The minimum Gasteiger partial charge on any atom is -0.313 e. The highest BCUT2D eigenvalue weighted by Crippen LogP contribution is 2.47. The maximum Gasteiger partial charge on any atom is 0.0383 e. The van der Waals surface area contributed by atoms with Gasteiger partial charge in [-0.15, -0.1) is 0 Å². The van der Waals surface area contributed by atoms with Crippen molar-refractivity contribution in [2.45, 2.75) is 38.6 Å². The molecule has 0 aromatic carbocycles. The Balaban J connectivity index is 1.68. The topological polar surface area (TPSA) is 29.1 Å². The highest BCUT2D eigenvalue weighted by molar-refractivity contribution is 7.84. The second kappa shape index (κ2) is 4.96. The predicted molar refractivity (Wildman–Crippen MR) is 65.3 cm³/mol. The Bertz CT molecular complexity index is 244. The summed E-state index contributed by atoms with van der Waals surface area (Å²) in [6.07, 6.45) is 7.66. The molecule has 0 saturated heterocycles. The van der Waals surface area contributed by atoms with E-state index in [1.165, 1.54) is 25.7 Å². The zero-order valence-electron chi connectivity index (χ0n) is 9.87. The smallest absolute Gasteiger partial charge is 0.0383 e. The van der Waals surface area contributed by atoms with Gasteiger partial charge in [-0.1, -0.05) is 6.42 Å². The Kier molecular flexibility index (Phi) is 3.83. The normalized spacial score (nSPS) is 38.1. The summed E-state index contributed by atoms with van der Waals surface area (Å²) in [4.78, 5) is 0. The first-order valence-electron chi connectivity index (χ1n) is 6.18. The van der Waals surface area contributed by atoms with Crippen LogP contribution < -0.4 is 5.32 Å². The molecule has 0 radical (unpaired) electrons. The van der Waals surface area contributed by atoms with Gasteiger partial charge < -0.3 is 5.32 Å². The minimum absolute atomic E-state index is 0.412. The van der Waals surface area contributed by atoms with E-state index >= 15 is 0 Å². The second-order valence-electron chi connectivity index (χ2n) is 5.48. The Morgan fingerprint density at radius 2 is 2.20 bits per heavy atom. The van der Waals surface area contributed by atoms with Crippen molar-refractivity contribution in [3.8, 4) is 0 Å². The fourth-order valence-electron chi connectivity index (χ4n) is 3.39. The van der Waals surface area contributed by atoms with E-state index in [1.54, 1.807) is 6.26 Å². The lowest BCUT2D eigenvalue weighted by Gasteiger charge is -2.23. The summed E-state index contributed by atoms with van der Waals surface area (Å²) in [5, 5.41) is 3.55. The standard InChI is InChI=1S/C12H23NOS/c1-9(8-15(2)14)13-7-12-6-10-3-4-11(12)5-10/h9-13H,3-8H2,1-2H3. The Morgan fingerprint density at radius 1 is 1.40 bits per heavy atom. The van der Waals surface area contributed by atoms with Crippen LogP contribution in [0.4, 0.5) is 0 Å². The van der Waals surface area contributed by atoms with Crippen molar-refractivity contribution in [2.75, 3.05) is 18.6 Å². The van der Waals surface area contributed by atoms with Crippen molar-refractivity contribution < 1.29 is 4.21 Å². The van der Waals surface area contributed by atoms with Crippen LogP contribution >= 0.6 is 0 Å². The third-order valence-corrected chi connectivity index (χ3v) is 5.07. The van der Waals surface area contributed by atoms with Crippen LogP contribution in [0.2, 0.25) is 0 Å². The van der Waals surface area contributed by atoms with E-state index < -0.39 is 10.8 Å². The summed E-state index contributed by atoms with van der Waals surface area (Å²) in [5.74, 6) is 3.75. The molecule has 1 N–H and O–H groups in total. The number of hydrogen-bond acceptors (Lipinski definition) is 2. The van der Waals surface area contributed by atoms with E-state index in [-0.39, 0.29) is 0 Å². The van der Waals surface area contributed by atoms with Crippen LogP contribution in [-0.4, -0.2) is 28.8 Å². The van der Waals surface area contributed by atoms with Crippen LogP contribution in [-0.2, 0) is 10.8 Å². The molecule has 15 heavy (non-hydrogen) atoms. The molecule has 0 aromatic rings. The molecular formula is C12H23NOS. The Labute approximate surface area is 95.7 Å². The van der Waals surface area contributed by atoms with Crippen LogP contribution in [0.5, 0.6) is 0 Å². The number of hydrogen-bond donors (Lipinski definition) is 1. The van der Waals surface area contributed by atoms with Gasteiger partial charge in [-0.3, -0.25) is 4.21 Å². The van der Waals surface area contributed by atoms with Gasteiger partial charge in [0.25, 0.3) is 0 Å². The van der Waals surface area contributed by atoms with Gasteiger partial charge in [0, 0.05) is 28.9 Å². The van der Waals surface area contributed by atoms with Gasteiger partial charge in [-0.05, 0) is 50.5 Å². The van der Waals surface area contributed by atoms with Crippen molar-refractivity contribution in [2.24, 2.45) is 17.8 Å². The van der Waals surface area contributed by atoms with Crippen LogP contribution in [0.3, 0.4) is 0 Å². The molecule has 2 aliphatic carbocycles. The summed E-state index contributed by atoms with van der Waals surface area (Å²) in [5.41, 5.74) is 0. The van der Waals surface area contributed by atoms with E-state index in [4.69, 9.17) is 0 Å². The van der Waals surface area contributed by atoms with E-state index in [0.29, 0.717) is 6.04 Å². The van der Waals surface area contributed by atoms with Gasteiger partial charge in [0.15, 0.2) is 0 Å². The third kappa shape index (κ3) is 3.04. The molecule has 2 bridgehead atoms. The molecule has 0 aromatic heterocycles. The third-order valence-electron chi connectivity index (χ3n) is 4.10. The minimum atomic E-state index is -0.663. The zero-order chi connectivity index (χ0) is 10.8. The van der Waals surface area contributed by atoms with Crippen molar-refractivity contribution >= 4 is 10.8 Å². The van der Waals surface area contributed by atoms with Crippen molar-refractivity contribution in [3.05, 3.63) is 0 Å². The molecule has 2 saturated carbocycles. The summed E-state index contributed by atoms with van der Waals surface area (Å²) >= 11 is 0. The first kappa shape index (κ1) is 11.6. The average molecular weight is 229 g/mol. The summed E-state index contributed by atoms with van der Waals surface area (Å²) < 4.78 is 11.0. The first-order valence-corrected chi connectivity index (χ1v) is 7.91. The quantitative estimate of drug-likeness (QED) is 0.778. The van der Waals surface area contributed by atoms with E-state index in [1.807, 2.05) is 0 Å². The molecule has 5 atom stereocenters. The summed E-state index contributed by atoms with van der Waals surface area (Å²) in [7, 11) is -0.663. The lowest BCUT2D eigenvalue weighted by molar-refractivity contribution is 0.312. The maximum absolute atomic E-state index is 11.0. The summed E-state index contributed by atoms with van der Waals surface area (Å²) in [6.45, 7) is 3.30. The van der Waals surface area contributed by atoms with Gasteiger partial charge in [0.1, 0.15) is 0 Å². The highest BCUT2D eigenvalue weighted by Gasteiger charge is 2.38. The molecule has 2 fully saturated rings. The Hall–Kier alpha value is 0.110. The molecule has 0 heterocycles. The molecule has 3 heteroatoms. The van der Waals surface area contributed by atoms with Gasteiger partial charge in [0.05, 0.1) is 0 Å². The molecule has 2 rings (SSSR count). The summed E-state index contributed by atoms with van der Waals surface area (Å²) in [6, 6.07) is 0.412. The SMILES string of the molecule is CC(CS(C)=O)NCC1CC2CCC1C2. The van der Waals surface area contributed by atoms with Gasteiger partial charge in [-0.2, -0.15) is 0 Å². The second-order valence-corrected chi connectivity index (χ2v) is 6.96. The number of rotatable bonds is 5. The lowest BCUT2D eigenvalue weighted by Crippen LogP contribution is -2.36. The van der Waals surface area contributed by atoms with Crippen molar-refractivity contribution in [1.82, 2.24) is 5.32 Å². The zero-order valence-corrected chi connectivity index (χ0v) is 10.7. The van der Waals surface area contributed by atoms with Crippen LogP contribution in [0, 0.1) is 17.8 Å². The number of fused-ring (bicyclic) bond motifs is 2. The maximum atomic E-state index is 11.0. The molecule has 2 aliphatic rings. The molecular weight excluding hydrogens is 206 g/mol. The average Bonchev–Trinajstić information content (AvgIpc) is 2.74. The van der Waals surface area contributed by atoms with E-state index in [2.05, 4.69) is 12.2 Å². The fraction of sp³-hybridized carbons (Fsp3) is 1.00. The van der Waals surface area contributed by atoms with Crippen molar-refractivity contribution in [1.29, 1.82) is 0 Å². The van der Waals surface area contributed by atoms with Gasteiger partial charge in [-0.25, -0.2) is 0 Å². The predicted octanol–water partition coefficient (Wildman–Crippen LogP) is 1.78. The molecule has 5 unspecified atom stereocenters. The highest BCUT2D eigenvalue weighted by atomic mass is 32.2. The molecule has 88 valence electrons. The van der Waals surface area contributed by atoms with Crippen LogP contribution in [0.25, 0.3) is 0 Å². The molecule has 2 nitrogen and oxygen atoms in total. The van der Waals surface area contributed by atoms with Crippen LogP contribution in [0.15, 0.2) is 0 Å². The Morgan fingerprint density at radius 3 is 2.73 bits per heavy atom. The van der Waals surface area contributed by atoms with Crippen molar-refractivity contribution in [3.63, 3.8) is 0 Å². The van der Waals surface area contributed by atoms with Crippen LogP contribution in [0.1, 0.15) is 32.6 Å².